The van der Waals surface area contributed by atoms with Crippen LogP contribution in [0.3, 0.4) is 0 Å². The van der Waals surface area contributed by atoms with Crippen molar-refractivity contribution in [2.75, 3.05) is 19.8 Å². The number of nitrogens with zero attached hydrogens (tertiary/aromatic N) is 2. The van der Waals surface area contributed by atoms with Gasteiger partial charge in [0.05, 0.1) is 12.1 Å². The van der Waals surface area contributed by atoms with Crippen LogP contribution in [0.2, 0.25) is 0 Å². The normalized spacial score (nSPS) is 24.8. The van der Waals surface area contributed by atoms with Gasteiger partial charge in [0, 0.05) is 24.7 Å². The maximum Gasteiger partial charge on any atom is 0.237 e. The van der Waals surface area contributed by atoms with E-state index in [9.17, 15) is 9.90 Å². The number of benzene rings is 1. The molecular weight excluding hydrogens is 336 g/mol. The number of ether oxygens (including phenoxy) is 1. The Morgan fingerprint density at radius 3 is 3.12 bits per heavy atom. The molecule has 1 amide bonds. The molecule has 0 bridgehead atoms. The van der Waals surface area contributed by atoms with E-state index in [1.54, 1.807) is 6.92 Å². The van der Waals surface area contributed by atoms with Crippen LogP contribution in [0.1, 0.15) is 30.3 Å². The van der Waals surface area contributed by atoms with E-state index in [1.165, 1.54) is 0 Å². The number of nitrogens with one attached hydrogen (secondary N) is 2. The third kappa shape index (κ3) is 3.30. The summed E-state index contributed by atoms with van der Waals surface area (Å²) in [5.41, 5.74) is 1.75. The topological polar surface area (TPSA) is 110 Å². The van der Waals surface area contributed by atoms with E-state index in [2.05, 4.69) is 20.8 Å². The van der Waals surface area contributed by atoms with Crippen molar-refractivity contribution in [3.8, 4) is 17.1 Å². The zero-order chi connectivity index (χ0) is 18.1. The van der Waals surface area contributed by atoms with Crippen LogP contribution in [-0.2, 0) is 4.79 Å². The molecule has 3 heterocycles. The molecule has 1 aromatic carbocycles. The Kier molecular flexibility index (Phi) is 4.60. The molecule has 3 atom stereocenters. The summed E-state index contributed by atoms with van der Waals surface area (Å²) >= 11 is 0. The Labute approximate surface area is 150 Å². The van der Waals surface area contributed by atoms with Gasteiger partial charge < -0.3 is 25.0 Å². The number of aliphatic hydroxyl groups is 1. The predicted molar refractivity (Wildman–Crippen MR) is 92.5 cm³/mol. The second kappa shape index (κ2) is 7.05. The summed E-state index contributed by atoms with van der Waals surface area (Å²) in [6.45, 7) is 3.01. The van der Waals surface area contributed by atoms with Gasteiger partial charge in [0.2, 0.25) is 17.6 Å². The molecule has 1 saturated heterocycles. The number of fused-ring (bicyclic) bond motifs is 1. The fourth-order valence-electron chi connectivity index (χ4n) is 3.52. The van der Waals surface area contributed by atoms with Crippen LogP contribution in [0.4, 0.5) is 0 Å². The van der Waals surface area contributed by atoms with Gasteiger partial charge in [0.25, 0.3) is 0 Å². The summed E-state index contributed by atoms with van der Waals surface area (Å²) in [5.74, 6) is 1.87. The number of aromatic nitrogens is 2. The van der Waals surface area contributed by atoms with Gasteiger partial charge in [-0.05, 0) is 31.4 Å². The summed E-state index contributed by atoms with van der Waals surface area (Å²) in [5, 5.41) is 19.5. The molecule has 0 aliphatic carbocycles. The average Bonchev–Trinajstić information content (AvgIpc) is 3.28. The van der Waals surface area contributed by atoms with Crippen LogP contribution in [0.5, 0.6) is 5.75 Å². The molecule has 2 unspecified atom stereocenters. The minimum atomic E-state index is -0.272. The lowest BCUT2D eigenvalue weighted by Gasteiger charge is -2.29. The maximum atomic E-state index is 12.6. The smallest absolute Gasteiger partial charge is 0.237 e. The van der Waals surface area contributed by atoms with Gasteiger partial charge in [-0.2, -0.15) is 4.98 Å². The molecule has 4 rings (SSSR count). The fraction of sp³-hybridized carbons (Fsp3) is 0.500. The zero-order valence-electron chi connectivity index (χ0n) is 14.6. The highest BCUT2D eigenvalue weighted by Gasteiger charge is 2.31. The van der Waals surface area contributed by atoms with E-state index in [4.69, 9.17) is 9.26 Å². The van der Waals surface area contributed by atoms with Crippen molar-refractivity contribution < 1.29 is 19.2 Å². The average molecular weight is 358 g/mol. The van der Waals surface area contributed by atoms with Gasteiger partial charge in [-0.1, -0.05) is 17.3 Å². The molecule has 2 aliphatic heterocycles. The van der Waals surface area contributed by atoms with Crippen molar-refractivity contribution in [2.45, 2.75) is 31.8 Å². The third-order valence-electron chi connectivity index (χ3n) is 4.98. The largest absolute Gasteiger partial charge is 0.491 e. The highest BCUT2D eigenvalue weighted by Crippen LogP contribution is 2.35. The number of aryl methyl sites for hydroxylation is 1. The fourth-order valence-corrected chi connectivity index (χ4v) is 3.52. The van der Waals surface area contributed by atoms with Gasteiger partial charge >= 0.3 is 0 Å². The summed E-state index contributed by atoms with van der Waals surface area (Å²) in [7, 11) is 0. The highest BCUT2D eigenvalue weighted by atomic mass is 16.5. The minimum absolute atomic E-state index is 0.0533. The van der Waals surface area contributed by atoms with Crippen molar-refractivity contribution >= 4 is 5.91 Å². The second-order valence-corrected chi connectivity index (χ2v) is 6.84. The number of rotatable bonds is 4. The van der Waals surface area contributed by atoms with Crippen LogP contribution in [0.25, 0.3) is 11.4 Å². The van der Waals surface area contributed by atoms with E-state index in [1.807, 2.05) is 18.2 Å². The standard InChI is InChI=1S/C18H22N4O4/c1-10-20-17(22-26-10)12-2-3-13-15(9-25-16(13)7-12)21-18(24)14-6-11(8-23)4-5-19-14/h2-3,7,11,14-15,19,23H,4-6,8-9H2,1H3,(H,21,24)/t11?,14?,15-/m1/s1. The van der Waals surface area contributed by atoms with Gasteiger partial charge in [0.15, 0.2) is 0 Å². The highest BCUT2D eigenvalue weighted by molar-refractivity contribution is 5.82. The molecule has 0 radical (unpaired) electrons. The third-order valence-corrected chi connectivity index (χ3v) is 4.98. The van der Waals surface area contributed by atoms with Gasteiger partial charge in [-0.25, -0.2) is 0 Å². The van der Waals surface area contributed by atoms with E-state index in [0.29, 0.717) is 24.7 Å². The first-order valence-electron chi connectivity index (χ1n) is 8.86. The molecule has 8 heteroatoms. The Balaban J connectivity index is 1.45. The second-order valence-electron chi connectivity index (χ2n) is 6.84. The lowest BCUT2D eigenvalue weighted by Crippen LogP contribution is -2.50. The molecule has 3 N–H and O–H groups in total. The summed E-state index contributed by atoms with van der Waals surface area (Å²) in [4.78, 5) is 16.8. The van der Waals surface area contributed by atoms with Crippen molar-refractivity contribution in [2.24, 2.45) is 5.92 Å². The number of hydrogen-bond donors (Lipinski definition) is 3. The Hall–Kier alpha value is -2.45. The van der Waals surface area contributed by atoms with E-state index in [-0.39, 0.29) is 30.5 Å². The Morgan fingerprint density at radius 1 is 1.46 bits per heavy atom. The van der Waals surface area contributed by atoms with Gasteiger partial charge in [-0.3, -0.25) is 4.79 Å². The summed E-state index contributed by atoms with van der Waals surface area (Å²) in [6.07, 6.45) is 1.55. The first-order valence-corrected chi connectivity index (χ1v) is 8.86. The van der Waals surface area contributed by atoms with Crippen LogP contribution in [0, 0.1) is 12.8 Å². The number of aliphatic hydroxyl groups excluding tert-OH is 1. The van der Waals surface area contributed by atoms with Crippen molar-refractivity contribution in [3.63, 3.8) is 0 Å². The van der Waals surface area contributed by atoms with Crippen LogP contribution < -0.4 is 15.4 Å². The predicted octanol–water partition coefficient (Wildman–Crippen LogP) is 0.955. The molecule has 8 nitrogen and oxygen atoms in total. The molecule has 26 heavy (non-hydrogen) atoms. The van der Waals surface area contributed by atoms with E-state index < -0.39 is 0 Å². The first-order chi connectivity index (χ1) is 12.6. The van der Waals surface area contributed by atoms with Gasteiger partial charge in [-0.15, -0.1) is 0 Å². The lowest BCUT2D eigenvalue weighted by molar-refractivity contribution is -0.125. The van der Waals surface area contributed by atoms with Crippen LogP contribution >= 0.6 is 0 Å². The van der Waals surface area contributed by atoms with Crippen LogP contribution in [0.15, 0.2) is 22.7 Å². The minimum Gasteiger partial charge on any atom is -0.491 e. The molecule has 1 aromatic heterocycles. The van der Waals surface area contributed by atoms with Crippen molar-refractivity contribution in [3.05, 3.63) is 29.7 Å². The Bertz CT molecular complexity index is 806. The molecular formula is C18H22N4O4. The van der Waals surface area contributed by atoms with Gasteiger partial charge in [0.1, 0.15) is 12.4 Å². The first kappa shape index (κ1) is 17.0. The number of carbonyl (C=O) groups is 1. The number of piperidine rings is 1. The lowest BCUT2D eigenvalue weighted by atomic mass is 9.92. The number of hydrogen-bond acceptors (Lipinski definition) is 7. The Morgan fingerprint density at radius 2 is 2.35 bits per heavy atom. The van der Waals surface area contributed by atoms with Crippen molar-refractivity contribution in [1.29, 1.82) is 0 Å². The zero-order valence-corrected chi connectivity index (χ0v) is 14.6. The summed E-state index contributed by atoms with van der Waals surface area (Å²) in [6, 6.07) is 5.24. The number of carbonyl (C=O) groups excluding carboxylic acids is 1. The SMILES string of the molecule is Cc1nc(-c2ccc3c(c2)OC[C@H]3NC(=O)C2CC(CO)CCN2)no1. The molecule has 2 aromatic rings. The molecule has 1 fully saturated rings. The van der Waals surface area contributed by atoms with Crippen LogP contribution in [-0.4, -0.2) is 47.0 Å². The van der Waals surface area contributed by atoms with E-state index in [0.717, 1.165) is 29.8 Å². The monoisotopic (exact) mass is 358 g/mol. The maximum absolute atomic E-state index is 12.6. The molecule has 2 aliphatic rings. The summed E-state index contributed by atoms with van der Waals surface area (Å²) < 4.78 is 10.8. The molecule has 138 valence electrons. The quantitative estimate of drug-likeness (QED) is 0.747. The number of amides is 1. The van der Waals surface area contributed by atoms with Crippen molar-refractivity contribution in [1.82, 2.24) is 20.8 Å². The van der Waals surface area contributed by atoms with E-state index >= 15 is 0 Å². The molecule has 0 saturated carbocycles. The molecule has 0 spiro atoms.